The fourth-order valence-electron chi connectivity index (χ4n) is 1.93. The Labute approximate surface area is 117 Å². The number of aromatic nitrogens is 1. The summed E-state index contributed by atoms with van der Waals surface area (Å²) in [7, 11) is 3.15. The molecule has 0 aromatic carbocycles. The predicted molar refractivity (Wildman–Crippen MR) is 75.5 cm³/mol. The summed E-state index contributed by atoms with van der Waals surface area (Å²) in [6, 6.07) is 5.33. The SMILES string of the molecule is COC(=O)c1ccnc(N(C)Cc2ccc(C)o2)c1N. The summed E-state index contributed by atoms with van der Waals surface area (Å²) in [5.41, 5.74) is 6.59. The van der Waals surface area contributed by atoms with E-state index in [0.717, 1.165) is 11.5 Å². The zero-order valence-corrected chi connectivity index (χ0v) is 11.7. The molecule has 0 fully saturated rings. The molecule has 0 bridgehead atoms. The highest BCUT2D eigenvalue weighted by Gasteiger charge is 2.17. The normalized spacial score (nSPS) is 10.3. The first-order chi connectivity index (χ1) is 9.52. The second kappa shape index (κ2) is 5.64. The van der Waals surface area contributed by atoms with Gasteiger partial charge in [0.1, 0.15) is 11.5 Å². The minimum atomic E-state index is -0.478. The van der Waals surface area contributed by atoms with Crippen LogP contribution in [0.2, 0.25) is 0 Å². The van der Waals surface area contributed by atoms with Crippen LogP contribution in [0.15, 0.2) is 28.8 Å². The lowest BCUT2D eigenvalue weighted by Gasteiger charge is -2.19. The summed E-state index contributed by atoms with van der Waals surface area (Å²) < 4.78 is 10.2. The molecular weight excluding hydrogens is 258 g/mol. The van der Waals surface area contributed by atoms with Crippen molar-refractivity contribution < 1.29 is 13.9 Å². The summed E-state index contributed by atoms with van der Waals surface area (Å²) in [6.07, 6.45) is 1.53. The van der Waals surface area contributed by atoms with Gasteiger partial charge in [0, 0.05) is 13.2 Å². The van der Waals surface area contributed by atoms with Gasteiger partial charge in [0.25, 0.3) is 0 Å². The lowest BCUT2D eigenvalue weighted by Crippen LogP contribution is -2.20. The first kappa shape index (κ1) is 13.9. The fourth-order valence-corrected chi connectivity index (χ4v) is 1.93. The molecule has 6 heteroatoms. The van der Waals surface area contributed by atoms with Crippen molar-refractivity contribution in [2.45, 2.75) is 13.5 Å². The fraction of sp³-hybridized carbons (Fsp3) is 0.286. The van der Waals surface area contributed by atoms with Gasteiger partial charge in [-0.25, -0.2) is 9.78 Å². The molecule has 6 nitrogen and oxygen atoms in total. The second-order valence-electron chi connectivity index (χ2n) is 4.46. The third-order valence-corrected chi connectivity index (χ3v) is 2.92. The lowest BCUT2D eigenvalue weighted by molar-refractivity contribution is 0.0602. The van der Waals surface area contributed by atoms with Crippen LogP contribution in [0, 0.1) is 6.92 Å². The van der Waals surface area contributed by atoms with E-state index in [4.69, 9.17) is 10.2 Å². The van der Waals surface area contributed by atoms with Crippen LogP contribution >= 0.6 is 0 Å². The van der Waals surface area contributed by atoms with Crippen LogP contribution in [0.3, 0.4) is 0 Å². The van der Waals surface area contributed by atoms with Gasteiger partial charge in [-0.05, 0) is 25.1 Å². The molecule has 2 aromatic rings. The maximum absolute atomic E-state index is 11.6. The molecule has 0 radical (unpaired) electrons. The van der Waals surface area contributed by atoms with Crippen molar-refractivity contribution >= 4 is 17.5 Å². The lowest BCUT2D eigenvalue weighted by atomic mass is 10.2. The van der Waals surface area contributed by atoms with Crippen LogP contribution < -0.4 is 10.6 Å². The molecule has 2 heterocycles. The summed E-state index contributed by atoms with van der Waals surface area (Å²) in [5, 5.41) is 0. The molecule has 0 saturated heterocycles. The van der Waals surface area contributed by atoms with Crippen molar-refractivity contribution in [3.8, 4) is 0 Å². The van der Waals surface area contributed by atoms with E-state index in [9.17, 15) is 4.79 Å². The smallest absolute Gasteiger partial charge is 0.340 e. The van der Waals surface area contributed by atoms with Crippen molar-refractivity contribution in [3.63, 3.8) is 0 Å². The molecule has 20 heavy (non-hydrogen) atoms. The Morgan fingerprint density at radius 3 is 2.80 bits per heavy atom. The van der Waals surface area contributed by atoms with Gasteiger partial charge >= 0.3 is 5.97 Å². The zero-order valence-electron chi connectivity index (χ0n) is 11.7. The maximum Gasteiger partial charge on any atom is 0.340 e. The van der Waals surface area contributed by atoms with Crippen molar-refractivity contribution in [1.29, 1.82) is 0 Å². The van der Waals surface area contributed by atoms with Crippen LogP contribution in [-0.4, -0.2) is 25.1 Å². The van der Waals surface area contributed by atoms with Crippen molar-refractivity contribution in [2.24, 2.45) is 0 Å². The Hall–Kier alpha value is -2.50. The molecule has 0 unspecified atom stereocenters. The quantitative estimate of drug-likeness (QED) is 0.859. The maximum atomic E-state index is 11.6. The highest BCUT2D eigenvalue weighted by Crippen LogP contribution is 2.25. The number of nitrogens with zero attached hydrogens (tertiary/aromatic N) is 2. The summed E-state index contributed by atoms with van der Waals surface area (Å²) >= 11 is 0. The molecule has 0 spiro atoms. The Kier molecular flexibility index (Phi) is 3.93. The predicted octanol–water partition coefficient (Wildman–Crippen LogP) is 1.99. The number of nitrogen functional groups attached to an aromatic ring is 1. The summed E-state index contributed by atoms with van der Waals surface area (Å²) in [6.45, 7) is 2.39. The number of rotatable bonds is 4. The Morgan fingerprint density at radius 2 is 2.20 bits per heavy atom. The molecule has 0 saturated carbocycles. The number of ether oxygens (including phenoxy) is 1. The Morgan fingerprint density at radius 1 is 1.45 bits per heavy atom. The molecule has 0 aliphatic carbocycles. The topological polar surface area (TPSA) is 81.6 Å². The third kappa shape index (κ3) is 2.74. The van der Waals surface area contributed by atoms with Crippen LogP contribution in [0.4, 0.5) is 11.5 Å². The highest BCUT2D eigenvalue weighted by molar-refractivity contribution is 5.97. The van der Waals surface area contributed by atoms with Crippen LogP contribution in [0.25, 0.3) is 0 Å². The Bertz CT molecular complexity index is 622. The molecule has 0 atom stereocenters. The second-order valence-corrected chi connectivity index (χ2v) is 4.46. The van der Waals surface area contributed by atoms with Crippen LogP contribution in [-0.2, 0) is 11.3 Å². The third-order valence-electron chi connectivity index (χ3n) is 2.92. The summed E-state index contributed by atoms with van der Waals surface area (Å²) in [5.74, 6) is 1.68. The molecule has 2 rings (SSSR count). The van der Waals surface area contributed by atoms with E-state index in [0.29, 0.717) is 23.6 Å². The molecule has 2 aromatic heterocycles. The van der Waals surface area contributed by atoms with Gasteiger partial charge in [0.2, 0.25) is 0 Å². The minimum absolute atomic E-state index is 0.296. The van der Waals surface area contributed by atoms with E-state index < -0.39 is 5.97 Å². The van der Waals surface area contributed by atoms with Gasteiger partial charge < -0.3 is 19.8 Å². The first-order valence-corrected chi connectivity index (χ1v) is 6.12. The van der Waals surface area contributed by atoms with Crippen LogP contribution in [0.5, 0.6) is 0 Å². The molecule has 0 amide bonds. The molecule has 0 aliphatic heterocycles. The molecule has 106 valence electrons. The van der Waals surface area contributed by atoms with E-state index in [2.05, 4.69) is 9.72 Å². The summed E-state index contributed by atoms with van der Waals surface area (Å²) in [4.78, 5) is 17.6. The van der Waals surface area contributed by atoms with E-state index in [1.54, 1.807) is 0 Å². The van der Waals surface area contributed by atoms with Crippen molar-refractivity contribution in [2.75, 3.05) is 24.8 Å². The number of aryl methyl sites for hydroxylation is 1. The molecular formula is C14H17N3O3. The van der Waals surface area contributed by atoms with Crippen LogP contribution in [0.1, 0.15) is 21.9 Å². The largest absolute Gasteiger partial charge is 0.465 e. The number of carbonyl (C=O) groups is 1. The van der Waals surface area contributed by atoms with Gasteiger partial charge in [0.05, 0.1) is 24.9 Å². The van der Waals surface area contributed by atoms with Gasteiger partial charge in [-0.2, -0.15) is 0 Å². The Balaban J connectivity index is 2.26. The van der Waals surface area contributed by atoms with Gasteiger partial charge in [-0.1, -0.05) is 0 Å². The molecule has 0 aliphatic rings. The number of hydrogen-bond acceptors (Lipinski definition) is 6. The number of furan rings is 1. The molecule has 2 N–H and O–H groups in total. The standard InChI is InChI=1S/C14H17N3O3/c1-9-4-5-10(20-9)8-17(2)13-12(15)11(6-7-16-13)14(18)19-3/h4-7H,8,15H2,1-3H3. The van der Waals surface area contributed by atoms with Crippen molar-refractivity contribution in [3.05, 3.63) is 41.5 Å². The highest BCUT2D eigenvalue weighted by atomic mass is 16.5. The number of esters is 1. The average Bonchev–Trinajstić information content (AvgIpc) is 2.83. The van der Waals surface area contributed by atoms with E-state index in [-0.39, 0.29) is 0 Å². The minimum Gasteiger partial charge on any atom is -0.465 e. The number of pyridine rings is 1. The number of carbonyl (C=O) groups excluding carboxylic acids is 1. The number of anilines is 2. The number of nitrogens with two attached hydrogens (primary N) is 1. The number of methoxy groups -OCH3 is 1. The zero-order chi connectivity index (χ0) is 14.7. The average molecular weight is 275 g/mol. The van der Waals surface area contributed by atoms with E-state index in [1.807, 2.05) is 31.0 Å². The van der Waals surface area contributed by atoms with Gasteiger partial charge in [-0.3, -0.25) is 0 Å². The monoisotopic (exact) mass is 275 g/mol. The first-order valence-electron chi connectivity index (χ1n) is 6.12. The number of hydrogen-bond donors (Lipinski definition) is 1. The van der Waals surface area contributed by atoms with Gasteiger partial charge in [0.15, 0.2) is 5.82 Å². The van der Waals surface area contributed by atoms with E-state index in [1.165, 1.54) is 19.4 Å². The van der Waals surface area contributed by atoms with E-state index >= 15 is 0 Å². The van der Waals surface area contributed by atoms with Crippen molar-refractivity contribution in [1.82, 2.24) is 4.98 Å². The van der Waals surface area contributed by atoms with Gasteiger partial charge in [-0.15, -0.1) is 0 Å².